The van der Waals surface area contributed by atoms with E-state index in [2.05, 4.69) is 25.4 Å². The molecule has 0 radical (unpaired) electrons. The molecule has 3 heterocycles. The van der Waals surface area contributed by atoms with Gasteiger partial charge in [-0.05, 0) is 39.0 Å². The summed E-state index contributed by atoms with van der Waals surface area (Å²) in [5.74, 6) is -0.610. The number of rotatable bonds is 3. The number of nitrogens with one attached hydrogen (secondary N) is 2. The molecule has 8 nitrogen and oxygen atoms in total. The standard InChI is InChI=1S/C20H18F4N6O2/c1-19(2,3)28-18(31)32-14-8-26-17-16(14)27-12(7-25-17)15-11-5-4-10(21)6-13(11)30(29-15)9-20(22,23)24/h4-8H,9H2,1-3H3,(H,25,26)(H,28,31). The highest BCUT2D eigenvalue weighted by molar-refractivity contribution is 5.93. The first-order chi connectivity index (χ1) is 14.9. The summed E-state index contributed by atoms with van der Waals surface area (Å²) >= 11 is 0. The lowest BCUT2D eigenvalue weighted by Gasteiger charge is -2.19. The quantitative estimate of drug-likeness (QED) is 0.446. The molecule has 2 N–H and O–H groups in total. The molecule has 0 aliphatic heterocycles. The zero-order chi connectivity index (χ0) is 23.3. The normalized spacial score (nSPS) is 12.5. The number of hydrogen-bond donors (Lipinski definition) is 2. The van der Waals surface area contributed by atoms with Crippen LogP contribution in [0.2, 0.25) is 0 Å². The number of nitrogens with zero attached hydrogens (tertiary/aromatic N) is 4. The molecule has 0 unspecified atom stereocenters. The Hall–Kier alpha value is -3.70. The summed E-state index contributed by atoms with van der Waals surface area (Å²) in [6, 6.07) is 3.43. The van der Waals surface area contributed by atoms with Gasteiger partial charge in [-0.3, -0.25) is 4.68 Å². The highest BCUT2D eigenvalue weighted by Gasteiger charge is 2.30. The number of aromatic nitrogens is 5. The smallest absolute Gasteiger partial charge is 0.406 e. The first kappa shape index (κ1) is 21.5. The van der Waals surface area contributed by atoms with E-state index >= 15 is 0 Å². The van der Waals surface area contributed by atoms with E-state index in [0.717, 1.165) is 12.1 Å². The van der Waals surface area contributed by atoms with Gasteiger partial charge < -0.3 is 15.0 Å². The summed E-state index contributed by atoms with van der Waals surface area (Å²) in [5, 5.41) is 6.93. The molecule has 0 aliphatic carbocycles. The van der Waals surface area contributed by atoms with Crippen molar-refractivity contribution in [1.29, 1.82) is 0 Å². The Labute approximate surface area is 178 Å². The zero-order valence-corrected chi connectivity index (χ0v) is 17.2. The molecule has 12 heteroatoms. The van der Waals surface area contributed by atoms with Gasteiger partial charge in [-0.1, -0.05) is 0 Å². The second kappa shape index (κ2) is 7.46. The lowest BCUT2D eigenvalue weighted by atomic mass is 10.1. The maximum absolute atomic E-state index is 13.7. The fourth-order valence-corrected chi connectivity index (χ4v) is 3.12. The minimum absolute atomic E-state index is 0.0330. The number of carbonyl (C=O) groups is 1. The van der Waals surface area contributed by atoms with E-state index < -0.39 is 30.2 Å². The third kappa shape index (κ3) is 4.48. The van der Waals surface area contributed by atoms with Crippen LogP contribution >= 0.6 is 0 Å². The third-order valence-corrected chi connectivity index (χ3v) is 4.31. The topological polar surface area (TPSA) is 97.7 Å². The number of fused-ring (bicyclic) bond motifs is 2. The van der Waals surface area contributed by atoms with Crippen LogP contribution in [-0.2, 0) is 6.54 Å². The van der Waals surface area contributed by atoms with Crippen LogP contribution in [0.4, 0.5) is 22.4 Å². The van der Waals surface area contributed by atoms with Gasteiger partial charge in [0.15, 0.2) is 16.9 Å². The van der Waals surface area contributed by atoms with Gasteiger partial charge >= 0.3 is 12.3 Å². The van der Waals surface area contributed by atoms with Crippen LogP contribution < -0.4 is 10.1 Å². The van der Waals surface area contributed by atoms with Crippen LogP contribution in [0.1, 0.15) is 20.8 Å². The van der Waals surface area contributed by atoms with Crippen molar-refractivity contribution in [1.82, 2.24) is 30.0 Å². The summed E-state index contributed by atoms with van der Waals surface area (Å²) in [4.78, 5) is 23.5. The zero-order valence-electron chi connectivity index (χ0n) is 17.2. The van der Waals surface area contributed by atoms with Crippen LogP contribution in [0.5, 0.6) is 5.75 Å². The molecule has 0 fully saturated rings. The second-order valence-corrected chi connectivity index (χ2v) is 8.15. The molecular formula is C20H18F4N6O2. The van der Waals surface area contributed by atoms with Crippen molar-refractivity contribution in [3.63, 3.8) is 0 Å². The highest BCUT2D eigenvalue weighted by Crippen LogP contribution is 2.31. The van der Waals surface area contributed by atoms with E-state index in [4.69, 9.17) is 4.74 Å². The monoisotopic (exact) mass is 450 g/mol. The molecule has 0 saturated heterocycles. The first-order valence-electron chi connectivity index (χ1n) is 9.47. The Bertz CT molecular complexity index is 1320. The molecular weight excluding hydrogens is 432 g/mol. The van der Waals surface area contributed by atoms with E-state index in [1.54, 1.807) is 20.8 Å². The van der Waals surface area contributed by atoms with Gasteiger partial charge in [0.05, 0.1) is 11.7 Å². The fourth-order valence-electron chi connectivity index (χ4n) is 3.12. The minimum Gasteiger partial charge on any atom is -0.406 e. The SMILES string of the molecule is CC(C)(C)NC(=O)Oc1c[nH]c2ncc(-c3nn(CC(F)(F)F)c4cc(F)ccc34)nc12. The Morgan fingerprint density at radius 3 is 2.69 bits per heavy atom. The van der Waals surface area contributed by atoms with Crippen LogP contribution in [0.3, 0.4) is 0 Å². The first-order valence-corrected chi connectivity index (χ1v) is 9.47. The summed E-state index contributed by atoms with van der Waals surface area (Å²) < 4.78 is 58.7. The fraction of sp³-hybridized carbons (Fsp3) is 0.300. The molecule has 0 bridgehead atoms. The number of hydrogen-bond acceptors (Lipinski definition) is 5. The van der Waals surface area contributed by atoms with Crippen LogP contribution in [0.25, 0.3) is 33.5 Å². The van der Waals surface area contributed by atoms with Crippen molar-refractivity contribution >= 4 is 28.2 Å². The Morgan fingerprint density at radius 2 is 2.00 bits per heavy atom. The summed E-state index contributed by atoms with van der Waals surface area (Å²) in [7, 11) is 0. The Kier molecular flexibility index (Phi) is 5.02. The number of ether oxygens (including phenoxy) is 1. The van der Waals surface area contributed by atoms with Crippen molar-refractivity contribution in [2.24, 2.45) is 0 Å². The van der Waals surface area contributed by atoms with E-state index in [0.29, 0.717) is 10.3 Å². The average molecular weight is 450 g/mol. The predicted molar refractivity (Wildman–Crippen MR) is 108 cm³/mol. The van der Waals surface area contributed by atoms with E-state index in [9.17, 15) is 22.4 Å². The van der Waals surface area contributed by atoms with Gasteiger partial charge in [0.25, 0.3) is 0 Å². The molecule has 0 atom stereocenters. The molecule has 0 aliphatic rings. The molecule has 0 saturated carbocycles. The molecule has 4 aromatic rings. The maximum atomic E-state index is 13.7. The van der Waals surface area contributed by atoms with Gasteiger partial charge in [-0.25, -0.2) is 19.2 Å². The molecule has 1 amide bonds. The maximum Gasteiger partial charge on any atom is 0.413 e. The van der Waals surface area contributed by atoms with Crippen molar-refractivity contribution in [2.45, 2.75) is 39.0 Å². The predicted octanol–water partition coefficient (Wildman–Crippen LogP) is 4.56. The second-order valence-electron chi connectivity index (χ2n) is 8.15. The third-order valence-electron chi connectivity index (χ3n) is 4.31. The Morgan fingerprint density at radius 1 is 1.25 bits per heavy atom. The largest absolute Gasteiger partial charge is 0.413 e. The number of amides is 1. The molecule has 4 rings (SSSR count). The lowest BCUT2D eigenvalue weighted by Crippen LogP contribution is -2.42. The number of aromatic amines is 1. The lowest BCUT2D eigenvalue weighted by molar-refractivity contribution is -0.141. The highest BCUT2D eigenvalue weighted by atomic mass is 19.4. The molecule has 1 aromatic carbocycles. The molecule has 0 spiro atoms. The summed E-state index contributed by atoms with van der Waals surface area (Å²) in [5.41, 5.74) is 0.152. The van der Waals surface area contributed by atoms with E-state index in [-0.39, 0.29) is 33.6 Å². The molecule has 32 heavy (non-hydrogen) atoms. The number of alkyl halides is 3. The number of benzene rings is 1. The van der Waals surface area contributed by atoms with Gasteiger partial charge in [0, 0.05) is 17.1 Å². The van der Waals surface area contributed by atoms with E-state index in [1.807, 2.05) is 0 Å². The van der Waals surface area contributed by atoms with Gasteiger partial charge in [0.2, 0.25) is 0 Å². The van der Waals surface area contributed by atoms with Gasteiger partial charge in [-0.15, -0.1) is 0 Å². The molecule has 168 valence electrons. The molecule has 3 aromatic heterocycles. The number of halogens is 4. The van der Waals surface area contributed by atoms with Crippen molar-refractivity contribution in [3.05, 3.63) is 36.4 Å². The van der Waals surface area contributed by atoms with Gasteiger partial charge in [0.1, 0.15) is 23.7 Å². The van der Waals surface area contributed by atoms with Crippen LogP contribution in [-0.4, -0.2) is 42.5 Å². The van der Waals surface area contributed by atoms with Crippen LogP contribution in [0.15, 0.2) is 30.6 Å². The van der Waals surface area contributed by atoms with Crippen LogP contribution in [0, 0.1) is 5.82 Å². The number of H-pyrrole nitrogens is 1. The van der Waals surface area contributed by atoms with Crippen molar-refractivity contribution < 1.29 is 27.1 Å². The average Bonchev–Trinajstić information content (AvgIpc) is 3.20. The summed E-state index contributed by atoms with van der Waals surface area (Å²) in [6.07, 6.45) is -2.55. The minimum atomic E-state index is -4.56. The van der Waals surface area contributed by atoms with Crippen molar-refractivity contribution in [2.75, 3.05) is 0 Å². The Balaban J connectivity index is 1.78. The van der Waals surface area contributed by atoms with Crippen molar-refractivity contribution in [3.8, 4) is 17.1 Å². The number of carbonyl (C=O) groups excluding carboxylic acids is 1. The summed E-state index contributed by atoms with van der Waals surface area (Å²) in [6.45, 7) is 3.96. The van der Waals surface area contributed by atoms with Gasteiger partial charge in [-0.2, -0.15) is 18.3 Å². The van der Waals surface area contributed by atoms with E-state index in [1.165, 1.54) is 18.5 Å².